The van der Waals surface area contributed by atoms with E-state index in [1.807, 2.05) is 4.90 Å². The highest BCUT2D eigenvalue weighted by atomic mass is 32.2. The molecule has 2 heterocycles. The average Bonchev–Trinajstić information content (AvgIpc) is 2.90. The van der Waals surface area contributed by atoms with E-state index >= 15 is 0 Å². The predicted octanol–water partition coefficient (Wildman–Crippen LogP) is 2.21. The topological polar surface area (TPSA) is 154 Å². The third-order valence-electron chi connectivity index (χ3n) is 5.98. The van der Waals surface area contributed by atoms with Crippen LogP contribution in [0.15, 0.2) is 71.9 Å². The maximum absolute atomic E-state index is 14.7. The standard InChI is InChI=1S/C25H27FN6O5S/c26-20-8-7-17(15-21(20)32-13-9-18(10-14-32)29-25-27-11-4-12-28-25)24(35)30-22(16-23(33)34)31-38(36,37)19-5-2-1-3-6-19/h1-8,11-12,15,18,22,31H,9-10,13-14,16H2,(H,30,35)(H,33,34)(H,27,28,29). The molecule has 1 aliphatic heterocycles. The summed E-state index contributed by atoms with van der Waals surface area (Å²) >= 11 is 0. The number of carbonyl (C=O) groups excluding carboxylic acids is 1. The van der Waals surface area contributed by atoms with E-state index in [-0.39, 0.29) is 22.2 Å². The maximum atomic E-state index is 14.7. The molecule has 1 amide bonds. The van der Waals surface area contributed by atoms with Crippen molar-refractivity contribution in [3.63, 3.8) is 0 Å². The molecule has 0 radical (unpaired) electrons. The molecule has 38 heavy (non-hydrogen) atoms. The van der Waals surface area contributed by atoms with Gasteiger partial charge in [-0.25, -0.2) is 22.8 Å². The molecule has 1 saturated heterocycles. The highest BCUT2D eigenvalue weighted by molar-refractivity contribution is 7.89. The van der Waals surface area contributed by atoms with Gasteiger partial charge >= 0.3 is 5.97 Å². The van der Waals surface area contributed by atoms with Gasteiger partial charge in [-0.3, -0.25) is 9.59 Å². The van der Waals surface area contributed by atoms with Crippen molar-refractivity contribution in [3.8, 4) is 0 Å². The Hall–Kier alpha value is -4.10. The fraction of sp³-hybridized carbons (Fsp3) is 0.280. The fourth-order valence-electron chi connectivity index (χ4n) is 4.11. The zero-order valence-corrected chi connectivity index (χ0v) is 21.1. The number of hydrogen-bond donors (Lipinski definition) is 4. The Morgan fingerprint density at radius 1 is 1.05 bits per heavy atom. The molecule has 13 heteroatoms. The van der Waals surface area contributed by atoms with E-state index in [0.717, 1.165) is 6.07 Å². The lowest BCUT2D eigenvalue weighted by Gasteiger charge is -2.34. The molecule has 1 atom stereocenters. The normalized spacial score (nSPS) is 15.0. The van der Waals surface area contributed by atoms with E-state index < -0.39 is 40.3 Å². The van der Waals surface area contributed by atoms with Crippen LogP contribution in [0.4, 0.5) is 16.0 Å². The highest BCUT2D eigenvalue weighted by Gasteiger charge is 2.26. The molecule has 11 nitrogen and oxygen atoms in total. The molecule has 1 aromatic heterocycles. The second-order valence-electron chi connectivity index (χ2n) is 8.70. The number of aliphatic carboxylic acids is 1. The number of nitrogens with one attached hydrogen (secondary N) is 3. The number of nitrogens with zero attached hydrogens (tertiary/aromatic N) is 3. The van der Waals surface area contributed by atoms with Crippen LogP contribution in [0.25, 0.3) is 0 Å². The second kappa shape index (κ2) is 12.0. The van der Waals surface area contributed by atoms with Crippen molar-refractivity contribution >= 4 is 33.5 Å². The first-order valence-electron chi connectivity index (χ1n) is 11.9. The number of rotatable bonds is 10. The SMILES string of the molecule is O=C(O)CC(NC(=O)c1ccc(F)c(N2CCC(Nc3ncccn3)CC2)c1)NS(=O)(=O)c1ccccc1. The van der Waals surface area contributed by atoms with Crippen molar-refractivity contribution < 1.29 is 27.5 Å². The van der Waals surface area contributed by atoms with Crippen LogP contribution in [0.3, 0.4) is 0 Å². The number of hydrogen-bond acceptors (Lipinski definition) is 8. The minimum absolute atomic E-state index is 0.0635. The van der Waals surface area contributed by atoms with Gasteiger partial charge in [-0.1, -0.05) is 18.2 Å². The monoisotopic (exact) mass is 542 g/mol. The quantitative estimate of drug-likeness (QED) is 0.282. The Kier molecular flexibility index (Phi) is 8.48. The zero-order valence-electron chi connectivity index (χ0n) is 20.2. The fourth-order valence-corrected chi connectivity index (χ4v) is 5.28. The van der Waals surface area contributed by atoms with Crippen LogP contribution in [0.5, 0.6) is 0 Å². The van der Waals surface area contributed by atoms with Crippen LogP contribution in [-0.2, 0) is 14.8 Å². The van der Waals surface area contributed by atoms with Gasteiger partial charge in [0, 0.05) is 37.1 Å². The first-order valence-corrected chi connectivity index (χ1v) is 13.4. The molecule has 200 valence electrons. The van der Waals surface area contributed by atoms with Crippen LogP contribution in [-0.4, -0.2) is 60.7 Å². The first-order chi connectivity index (χ1) is 18.2. The Bertz CT molecular complexity index is 1370. The summed E-state index contributed by atoms with van der Waals surface area (Å²) in [6, 6.07) is 13.0. The molecular formula is C25H27FN6O5S. The Morgan fingerprint density at radius 3 is 2.39 bits per heavy atom. The molecule has 0 saturated carbocycles. The molecule has 1 fully saturated rings. The second-order valence-corrected chi connectivity index (χ2v) is 10.4. The van der Waals surface area contributed by atoms with Crippen molar-refractivity contribution in [1.82, 2.24) is 20.0 Å². The molecule has 0 bridgehead atoms. The Labute approximate surface area is 219 Å². The molecule has 2 aromatic carbocycles. The number of carboxylic acid groups (broad SMARTS) is 1. The minimum Gasteiger partial charge on any atom is -0.481 e. The molecule has 4 N–H and O–H groups in total. The summed E-state index contributed by atoms with van der Waals surface area (Å²) in [6.45, 7) is 1.04. The molecule has 3 aromatic rings. The molecular weight excluding hydrogens is 515 g/mol. The summed E-state index contributed by atoms with van der Waals surface area (Å²) in [7, 11) is -4.10. The predicted molar refractivity (Wildman–Crippen MR) is 138 cm³/mol. The largest absolute Gasteiger partial charge is 0.481 e. The molecule has 0 aliphatic carbocycles. The van der Waals surface area contributed by atoms with Crippen LogP contribution >= 0.6 is 0 Å². The van der Waals surface area contributed by atoms with Crippen molar-refractivity contribution in [2.45, 2.75) is 36.4 Å². The van der Waals surface area contributed by atoms with E-state index in [2.05, 4.69) is 25.3 Å². The summed E-state index contributed by atoms with van der Waals surface area (Å²) in [5.74, 6) is -2.05. The number of sulfonamides is 1. The van der Waals surface area contributed by atoms with Crippen LogP contribution in [0.1, 0.15) is 29.6 Å². The number of benzene rings is 2. The Morgan fingerprint density at radius 2 is 1.74 bits per heavy atom. The van der Waals surface area contributed by atoms with Crippen molar-refractivity contribution in [2.75, 3.05) is 23.3 Å². The maximum Gasteiger partial charge on any atom is 0.306 e. The van der Waals surface area contributed by atoms with Gasteiger partial charge in [-0.05, 0) is 49.2 Å². The van der Waals surface area contributed by atoms with E-state index in [9.17, 15) is 27.5 Å². The van der Waals surface area contributed by atoms with Gasteiger partial charge in [-0.2, -0.15) is 4.72 Å². The number of piperidine rings is 1. The summed E-state index contributed by atoms with van der Waals surface area (Å²) in [4.78, 5) is 34.4. The summed E-state index contributed by atoms with van der Waals surface area (Å²) in [5, 5.41) is 14.9. The van der Waals surface area contributed by atoms with Crippen molar-refractivity contribution in [2.24, 2.45) is 0 Å². The number of halogens is 1. The third-order valence-corrected chi connectivity index (χ3v) is 7.47. The lowest BCUT2D eigenvalue weighted by atomic mass is 10.0. The van der Waals surface area contributed by atoms with E-state index in [1.54, 1.807) is 24.5 Å². The van der Waals surface area contributed by atoms with Gasteiger partial charge < -0.3 is 20.6 Å². The molecule has 1 unspecified atom stereocenters. The van der Waals surface area contributed by atoms with Gasteiger partial charge in [0.25, 0.3) is 5.91 Å². The number of anilines is 2. The van der Waals surface area contributed by atoms with Crippen molar-refractivity contribution in [1.29, 1.82) is 0 Å². The number of aromatic nitrogens is 2. The van der Waals surface area contributed by atoms with Gasteiger partial charge in [-0.15, -0.1) is 0 Å². The first kappa shape index (κ1) is 26.9. The minimum atomic E-state index is -4.10. The summed E-state index contributed by atoms with van der Waals surface area (Å²) < 4.78 is 42.3. The van der Waals surface area contributed by atoms with Crippen LogP contribution in [0.2, 0.25) is 0 Å². The van der Waals surface area contributed by atoms with Crippen LogP contribution in [0, 0.1) is 5.82 Å². The molecule has 4 rings (SSSR count). The van der Waals surface area contributed by atoms with Gasteiger partial charge in [0.05, 0.1) is 17.0 Å². The average molecular weight is 543 g/mol. The van der Waals surface area contributed by atoms with E-state index in [0.29, 0.717) is 31.9 Å². The smallest absolute Gasteiger partial charge is 0.306 e. The third kappa shape index (κ3) is 7.01. The number of carbonyl (C=O) groups is 2. The van der Waals surface area contributed by atoms with Crippen molar-refractivity contribution in [3.05, 3.63) is 78.4 Å². The van der Waals surface area contributed by atoms with Crippen LogP contribution < -0.4 is 20.3 Å². The highest BCUT2D eigenvalue weighted by Crippen LogP contribution is 2.25. The van der Waals surface area contributed by atoms with E-state index in [4.69, 9.17) is 0 Å². The molecule has 1 aliphatic rings. The zero-order chi connectivity index (χ0) is 27.1. The Balaban J connectivity index is 1.43. The molecule has 0 spiro atoms. The summed E-state index contributed by atoms with van der Waals surface area (Å²) in [5.41, 5.74) is 0.292. The van der Waals surface area contributed by atoms with Gasteiger partial charge in [0.1, 0.15) is 12.0 Å². The van der Waals surface area contributed by atoms with E-state index in [1.165, 1.54) is 36.4 Å². The summed E-state index contributed by atoms with van der Waals surface area (Å²) in [6.07, 6.45) is 2.54. The van der Waals surface area contributed by atoms with Gasteiger partial charge in [0.2, 0.25) is 16.0 Å². The van der Waals surface area contributed by atoms with Gasteiger partial charge in [0.15, 0.2) is 0 Å². The number of amides is 1. The lowest BCUT2D eigenvalue weighted by Crippen LogP contribution is -2.49. The number of carboxylic acids is 1. The lowest BCUT2D eigenvalue weighted by molar-refractivity contribution is -0.137.